The largest absolute Gasteiger partial charge is 0.372 e. The zero-order chi connectivity index (χ0) is 18.4. The van der Waals surface area contributed by atoms with Crippen molar-refractivity contribution in [3.05, 3.63) is 94.0 Å². The van der Waals surface area contributed by atoms with E-state index in [-0.39, 0.29) is 5.56 Å². The van der Waals surface area contributed by atoms with E-state index in [9.17, 15) is 9.18 Å². The van der Waals surface area contributed by atoms with E-state index in [1.807, 2.05) is 42.5 Å². The SMILES string of the molecule is O=C(Nc1ccc(COCc2ccccc2)cc1)c1cc(Br)ncc1F. The lowest BCUT2D eigenvalue weighted by Crippen LogP contribution is -2.14. The minimum atomic E-state index is -0.670. The van der Waals surface area contributed by atoms with E-state index in [0.717, 1.165) is 17.3 Å². The van der Waals surface area contributed by atoms with Crippen molar-refractivity contribution in [3.63, 3.8) is 0 Å². The van der Waals surface area contributed by atoms with Gasteiger partial charge in [0.1, 0.15) is 4.60 Å². The maximum atomic E-state index is 13.7. The summed E-state index contributed by atoms with van der Waals surface area (Å²) in [5, 5.41) is 2.67. The lowest BCUT2D eigenvalue weighted by Gasteiger charge is -2.08. The molecule has 0 saturated carbocycles. The first-order valence-corrected chi connectivity index (χ1v) is 8.74. The summed E-state index contributed by atoms with van der Waals surface area (Å²) in [4.78, 5) is 15.9. The number of carbonyl (C=O) groups excluding carboxylic acids is 1. The second-order valence-electron chi connectivity index (χ2n) is 5.62. The molecule has 1 aromatic heterocycles. The Morgan fingerprint density at radius 3 is 2.38 bits per heavy atom. The number of nitrogens with one attached hydrogen (secondary N) is 1. The molecule has 0 unspecified atom stereocenters. The molecule has 3 rings (SSSR count). The van der Waals surface area contributed by atoms with Gasteiger partial charge in [0, 0.05) is 5.69 Å². The number of ether oxygens (including phenoxy) is 1. The highest BCUT2D eigenvalue weighted by Gasteiger charge is 2.13. The van der Waals surface area contributed by atoms with Crippen LogP contribution in [0.5, 0.6) is 0 Å². The van der Waals surface area contributed by atoms with Gasteiger partial charge in [-0.3, -0.25) is 4.79 Å². The minimum absolute atomic E-state index is 0.0675. The van der Waals surface area contributed by atoms with Crippen molar-refractivity contribution in [2.45, 2.75) is 13.2 Å². The molecule has 1 N–H and O–H groups in total. The molecule has 2 aromatic carbocycles. The number of anilines is 1. The predicted molar refractivity (Wildman–Crippen MR) is 101 cm³/mol. The van der Waals surface area contributed by atoms with Gasteiger partial charge in [0.2, 0.25) is 0 Å². The zero-order valence-corrected chi connectivity index (χ0v) is 15.4. The summed E-state index contributed by atoms with van der Waals surface area (Å²) in [6.07, 6.45) is 1.01. The fourth-order valence-electron chi connectivity index (χ4n) is 2.33. The maximum absolute atomic E-state index is 13.7. The van der Waals surface area contributed by atoms with Crippen molar-refractivity contribution in [3.8, 4) is 0 Å². The van der Waals surface area contributed by atoms with Gasteiger partial charge in [-0.15, -0.1) is 0 Å². The number of nitrogens with zero attached hydrogens (tertiary/aromatic N) is 1. The number of pyridine rings is 1. The molecule has 0 fully saturated rings. The number of carbonyl (C=O) groups is 1. The molecule has 1 heterocycles. The lowest BCUT2D eigenvalue weighted by atomic mass is 10.2. The van der Waals surface area contributed by atoms with Crippen LogP contribution in [-0.4, -0.2) is 10.9 Å². The highest BCUT2D eigenvalue weighted by molar-refractivity contribution is 9.10. The Morgan fingerprint density at radius 2 is 1.69 bits per heavy atom. The third-order valence-electron chi connectivity index (χ3n) is 3.66. The van der Waals surface area contributed by atoms with E-state index < -0.39 is 11.7 Å². The van der Waals surface area contributed by atoms with Crippen molar-refractivity contribution in [1.29, 1.82) is 0 Å². The van der Waals surface area contributed by atoms with Gasteiger partial charge in [-0.2, -0.15) is 0 Å². The van der Waals surface area contributed by atoms with E-state index in [2.05, 4.69) is 26.2 Å². The van der Waals surface area contributed by atoms with E-state index >= 15 is 0 Å². The van der Waals surface area contributed by atoms with Crippen LogP contribution in [0.1, 0.15) is 21.5 Å². The van der Waals surface area contributed by atoms with Crippen molar-refractivity contribution in [1.82, 2.24) is 4.98 Å². The molecule has 0 aliphatic heterocycles. The fraction of sp³-hybridized carbons (Fsp3) is 0.100. The summed E-state index contributed by atoms with van der Waals surface area (Å²) >= 11 is 3.13. The molecule has 3 aromatic rings. The van der Waals surface area contributed by atoms with E-state index in [4.69, 9.17) is 4.74 Å². The lowest BCUT2D eigenvalue weighted by molar-refractivity contribution is 0.102. The number of hydrogen-bond acceptors (Lipinski definition) is 3. The van der Waals surface area contributed by atoms with Gasteiger partial charge in [-0.25, -0.2) is 9.37 Å². The van der Waals surface area contributed by atoms with Crippen LogP contribution in [0.3, 0.4) is 0 Å². The number of amides is 1. The van der Waals surface area contributed by atoms with Crippen LogP contribution in [0.4, 0.5) is 10.1 Å². The molecule has 1 amide bonds. The Bertz CT molecular complexity index is 886. The molecule has 132 valence electrons. The molecule has 0 radical (unpaired) electrons. The van der Waals surface area contributed by atoms with E-state index in [1.165, 1.54) is 6.07 Å². The summed E-state index contributed by atoms with van der Waals surface area (Å²) in [6, 6.07) is 18.5. The van der Waals surface area contributed by atoms with Gasteiger partial charge in [-0.1, -0.05) is 42.5 Å². The van der Waals surface area contributed by atoms with E-state index in [1.54, 1.807) is 12.1 Å². The number of benzene rings is 2. The molecule has 0 spiro atoms. The molecule has 0 bridgehead atoms. The first kappa shape index (κ1) is 18.2. The van der Waals surface area contributed by atoms with Crippen molar-refractivity contribution >= 4 is 27.5 Å². The van der Waals surface area contributed by atoms with Crippen LogP contribution >= 0.6 is 15.9 Å². The third-order valence-corrected chi connectivity index (χ3v) is 4.09. The average molecular weight is 415 g/mol. The van der Waals surface area contributed by atoms with Crippen LogP contribution in [0.15, 0.2) is 71.5 Å². The monoisotopic (exact) mass is 414 g/mol. The summed E-state index contributed by atoms with van der Waals surface area (Å²) in [5.74, 6) is -1.20. The molecule has 0 aliphatic carbocycles. The molecule has 4 nitrogen and oxygen atoms in total. The van der Waals surface area contributed by atoms with Crippen molar-refractivity contribution in [2.75, 3.05) is 5.32 Å². The van der Waals surface area contributed by atoms with Crippen molar-refractivity contribution in [2.24, 2.45) is 0 Å². The quantitative estimate of drug-likeness (QED) is 0.580. The number of hydrogen-bond donors (Lipinski definition) is 1. The van der Waals surface area contributed by atoms with Gasteiger partial charge < -0.3 is 10.1 Å². The minimum Gasteiger partial charge on any atom is -0.372 e. The first-order chi connectivity index (χ1) is 12.6. The van der Waals surface area contributed by atoms with Crippen LogP contribution in [0.2, 0.25) is 0 Å². The standard InChI is InChI=1S/C20H16BrFN2O2/c21-19-10-17(18(22)11-23-19)20(25)24-16-8-6-15(7-9-16)13-26-12-14-4-2-1-3-5-14/h1-11H,12-13H2,(H,24,25). The van der Waals surface area contributed by atoms with Crippen LogP contribution in [0.25, 0.3) is 0 Å². The smallest absolute Gasteiger partial charge is 0.258 e. The van der Waals surface area contributed by atoms with Crippen LogP contribution in [-0.2, 0) is 18.0 Å². The average Bonchev–Trinajstić information content (AvgIpc) is 2.66. The number of rotatable bonds is 6. The van der Waals surface area contributed by atoms with Gasteiger partial charge in [-0.05, 0) is 45.3 Å². The number of halogens is 2. The normalized spacial score (nSPS) is 10.5. The summed E-state index contributed by atoms with van der Waals surface area (Å²) in [7, 11) is 0. The van der Waals surface area contributed by atoms with Crippen molar-refractivity contribution < 1.29 is 13.9 Å². The molecular formula is C20H16BrFN2O2. The summed E-state index contributed by atoms with van der Waals surface area (Å²) in [5.41, 5.74) is 2.61. The Hall–Kier alpha value is -2.57. The Kier molecular flexibility index (Phi) is 6.09. The van der Waals surface area contributed by atoms with Crippen LogP contribution < -0.4 is 5.32 Å². The highest BCUT2D eigenvalue weighted by Crippen LogP contribution is 2.16. The summed E-state index contributed by atoms with van der Waals surface area (Å²) < 4.78 is 19.8. The second-order valence-corrected chi connectivity index (χ2v) is 6.43. The molecule has 0 atom stereocenters. The highest BCUT2D eigenvalue weighted by atomic mass is 79.9. The van der Waals surface area contributed by atoms with Crippen LogP contribution in [0, 0.1) is 5.82 Å². The van der Waals surface area contributed by atoms with Gasteiger partial charge >= 0.3 is 0 Å². The Balaban J connectivity index is 1.55. The Morgan fingerprint density at radius 1 is 1.04 bits per heavy atom. The molecule has 26 heavy (non-hydrogen) atoms. The van der Waals surface area contributed by atoms with Gasteiger partial charge in [0.15, 0.2) is 5.82 Å². The zero-order valence-electron chi connectivity index (χ0n) is 13.8. The molecule has 6 heteroatoms. The van der Waals surface area contributed by atoms with E-state index in [0.29, 0.717) is 23.5 Å². The molecular weight excluding hydrogens is 399 g/mol. The fourth-order valence-corrected chi connectivity index (χ4v) is 2.66. The second kappa shape index (κ2) is 8.69. The summed E-state index contributed by atoms with van der Waals surface area (Å²) in [6.45, 7) is 1.00. The maximum Gasteiger partial charge on any atom is 0.258 e. The Labute approximate surface area is 159 Å². The molecule has 0 saturated heterocycles. The number of aromatic nitrogens is 1. The topological polar surface area (TPSA) is 51.2 Å². The van der Waals surface area contributed by atoms with Gasteiger partial charge in [0.25, 0.3) is 5.91 Å². The molecule has 0 aliphatic rings. The third kappa shape index (κ3) is 4.97. The predicted octanol–water partition coefficient (Wildman–Crippen LogP) is 4.95. The first-order valence-electron chi connectivity index (χ1n) is 7.95. The van der Waals surface area contributed by atoms with Gasteiger partial charge in [0.05, 0.1) is 25.0 Å².